The first kappa shape index (κ1) is 23.1. The average molecular weight is 415 g/mol. The summed E-state index contributed by atoms with van der Waals surface area (Å²) < 4.78 is 16.6. The van der Waals surface area contributed by atoms with Crippen molar-refractivity contribution in [1.82, 2.24) is 4.90 Å². The Morgan fingerprint density at radius 1 is 0.967 bits per heavy atom. The number of hydrogen-bond donors (Lipinski definition) is 1. The maximum atomic E-state index is 12.8. The monoisotopic (exact) mass is 414 g/mol. The minimum Gasteiger partial charge on any atom is -0.497 e. The van der Waals surface area contributed by atoms with Crippen molar-refractivity contribution in [2.24, 2.45) is 0 Å². The van der Waals surface area contributed by atoms with E-state index in [1.165, 1.54) is 4.90 Å². The van der Waals surface area contributed by atoms with Gasteiger partial charge in [0.05, 0.1) is 26.9 Å². The smallest absolute Gasteiger partial charge is 0.254 e. The number of anilines is 1. The lowest BCUT2D eigenvalue weighted by Crippen LogP contribution is -2.34. The Balaban J connectivity index is 2.05. The first-order valence-corrected chi connectivity index (χ1v) is 10.1. The van der Waals surface area contributed by atoms with Crippen LogP contribution in [0.4, 0.5) is 5.69 Å². The molecule has 0 bridgehead atoms. The number of amides is 2. The van der Waals surface area contributed by atoms with Crippen LogP contribution in [-0.4, -0.2) is 50.6 Å². The van der Waals surface area contributed by atoms with Crippen LogP contribution in [0, 0.1) is 0 Å². The molecule has 0 saturated carbocycles. The zero-order valence-electron chi connectivity index (χ0n) is 18.1. The first-order chi connectivity index (χ1) is 14.5. The molecule has 0 aliphatic rings. The Labute approximate surface area is 177 Å². The third kappa shape index (κ3) is 6.69. The molecule has 7 nitrogen and oxygen atoms in total. The molecule has 0 aliphatic heterocycles. The number of ether oxygens (including phenoxy) is 3. The zero-order valence-corrected chi connectivity index (χ0v) is 18.1. The van der Waals surface area contributed by atoms with E-state index in [0.29, 0.717) is 41.7 Å². The topological polar surface area (TPSA) is 77.1 Å². The molecule has 162 valence electrons. The van der Waals surface area contributed by atoms with Crippen molar-refractivity contribution >= 4 is 17.5 Å². The predicted octanol–water partition coefficient (Wildman–Crippen LogP) is 3.98. The number of nitrogens with zero attached hydrogens (tertiary/aromatic N) is 1. The summed E-state index contributed by atoms with van der Waals surface area (Å²) in [4.78, 5) is 26.5. The summed E-state index contributed by atoms with van der Waals surface area (Å²) in [6, 6.07) is 12.1. The van der Waals surface area contributed by atoms with Gasteiger partial charge >= 0.3 is 0 Å². The molecule has 0 atom stereocenters. The molecule has 0 unspecified atom stereocenters. The molecule has 2 amide bonds. The molecule has 2 rings (SSSR count). The van der Waals surface area contributed by atoms with E-state index >= 15 is 0 Å². The predicted molar refractivity (Wildman–Crippen MR) is 117 cm³/mol. The maximum Gasteiger partial charge on any atom is 0.254 e. The van der Waals surface area contributed by atoms with Crippen molar-refractivity contribution in [3.63, 3.8) is 0 Å². The molecule has 2 aromatic rings. The average Bonchev–Trinajstić information content (AvgIpc) is 2.75. The lowest BCUT2D eigenvalue weighted by molar-refractivity contribution is -0.116. The quantitative estimate of drug-likeness (QED) is 0.602. The summed E-state index contributed by atoms with van der Waals surface area (Å²) >= 11 is 0. The number of nitrogens with one attached hydrogen (secondary N) is 1. The third-order valence-electron chi connectivity index (χ3n) is 4.20. The van der Waals surface area contributed by atoms with Crippen molar-refractivity contribution in [2.45, 2.75) is 26.7 Å². The van der Waals surface area contributed by atoms with E-state index < -0.39 is 0 Å². The number of rotatable bonds is 11. The fourth-order valence-corrected chi connectivity index (χ4v) is 2.71. The van der Waals surface area contributed by atoms with Crippen molar-refractivity contribution in [1.29, 1.82) is 0 Å². The Hall–Kier alpha value is -3.22. The van der Waals surface area contributed by atoms with Gasteiger partial charge < -0.3 is 24.4 Å². The van der Waals surface area contributed by atoms with Gasteiger partial charge in [0.2, 0.25) is 5.91 Å². The van der Waals surface area contributed by atoms with Gasteiger partial charge in [-0.1, -0.05) is 19.9 Å². The van der Waals surface area contributed by atoms with Crippen molar-refractivity contribution in [3.8, 4) is 17.2 Å². The standard InChI is InChI=1S/C23H30N2O5/c1-5-12-29-20-11-10-17(14-21(20)30-13-6-2)23(27)25(3)16-22(26)24-18-8-7-9-19(15-18)28-4/h7-11,14-15H,5-6,12-13,16H2,1-4H3,(H,24,26). The molecule has 0 heterocycles. The highest BCUT2D eigenvalue weighted by atomic mass is 16.5. The van der Waals surface area contributed by atoms with Crippen LogP contribution >= 0.6 is 0 Å². The van der Waals surface area contributed by atoms with E-state index in [2.05, 4.69) is 5.32 Å². The first-order valence-electron chi connectivity index (χ1n) is 10.1. The van der Waals surface area contributed by atoms with Crippen LogP contribution in [0.25, 0.3) is 0 Å². The Bertz CT molecular complexity index is 853. The van der Waals surface area contributed by atoms with E-state index in [0.717, 1.165) is 12.8 Å². The van der Waals surface area contributed by atoms with E-state index in [1.54, 1.807) is 56.6 Å². The minimum absolute atomic E-state index is 0.0880. The van der Waals surface area contributed by atoms with Crippen LogP contribution in [0.1, 0.15) is 37.0 Å². The summed E-state index contributed by atoms with van der Waals surface area (Å²) in [6.45, 7) is 5.04. The fraction of sp³-hybridized carbons (Fsp3) is 0.391. The summed E-state index contributed by atoms with van der Waals surface area (Å²) in [7, 11) is 3.14. The number of methoxy groups -OCH3 is 1. The van der Waals surface area contributed by atoms with Gasteiger partial charge in [-0.2, -0.15) is 0 Å². The van der Waals surface area contributed by atoms with Crippen LogP contribution in [0.15, 0.2) is 42.5 Å². The second-order valence-corrected chi connectivity index (χ2v) is 6.80. The highest BCUT2D eigenvalue weighted by molar-refractivity contribution is 5.99. The Kier molecular flexibility index (Phi) is 9.00. The van der Waals surface area contributed by atoms with E-state index in [9.17, 15) is 9.59 Å². The van der Waals surface area contributed by atoms with Gasteiger partial charge in [-0.25, -0.2) is 0 Å². The second-order valence-electron chi connectivity index (χ2n) is 6.80. The number of carbonyl (C=O) groups is 2. The highest BCUT2D eigenvalue weighted by Crippen LogP contribution is 2.29. The molecule has 1 N–H and O–H groups in total. The maximum absolute atomic E-state index is 12.8. The number of benzene rings is 2. The number of likely N-dealkylation sites (N-methyl/N-ethyl adjacent to an activating group) is 1. The SMILES string of the molecule is CCCOc1ccc(C(=O)N(C)CC(=O)Nc2cccc(OC)c2)cc1OCCC. The molecule has 0 saturated heterocycles. The summed E-state index contributed by atoms with van der Waals surface area (Å²) in [5, 5.41) is 2.77. The van der Waals surface area contributed by atoms with Crippen LogP contribution < -0.4 is 19.5 Å². The molecule has 0 aromatic heterocycles. The molecule has 2 aromatic carbocycles. The van der Waals surface area contributed by atoms with Gasteiger partial charge in [-0.3, -0.25) is 9.59 Å². The summed E-state index contributed by atoms with van der Waals surface area (Å²) in [6.07, 6.45) is 1.72. The third-order valence-corrected chi connectivity index (χ3v) is 4.20. The van der Waals surface area contributed by atoms with Crippen LogP contribution in [0.5, 0.6) is 17.2 Å². The summed E-state index contributed by atoms with van der Waals surface area (Å²) in [5.41, 5.74) is 1.04. The molecule has 0 aliphatic carbocycles. The lowest BCUT2D eigenvalue weighted by Gasteiger charge is -2.18. The van der Waals surface area contributed by atoms with E-state index in [4.69, 9.17) is 14.2 Å². The molecular weight excluding hydrogens is 384 g/mol. The van der Waals surface area contributed by atoms with Crippen molar-refractivity contribution in [3.05, 3.63) is 48.0 Å². The summed E-state index contributed by atoms with van der Waals surface area (Å²) in [5.74, 6) is 1.21. The Morgan fingerprint density at radius 2 is 1.67 bits per heavy atom. The van der Waals surface area contributed by atoms with E-state index in [1.807, 2.05) is 13.8 Å². The molecular formula is C23H30N2O5. The van der Waals surface area contributed by atoms with Gasteiger partial charge in [-0.15, -0.1) is 0 Å². The molecule has 0 spiro atoms. The van der Waals surface area contributed by atoms with Gasteiger partial charge in [0.15, 0.2) is 11.5 Å². The highest BCUT2D eigenvalue weighted by Gasteiger charge is 2.18. The largest absolute Gasteiger partial charge is 0.497 e. The van der Waals surface area contributed by atoms with E-state index in [-0.39, 0.29) is 18.4 Å². The van der Waals surface area contributed by atoms with Crippen LogP contribution in [-0.2, 0) is 4.79 Å². The van der Waals surface area contributed by atoms with Crippen molar-refractivity contribution < 1.29 is 23.8 Å². The molecule has 0 radical (unpaired) electrons. The number of carbonyl (C=O) groups excluding carboxylic acids is 2. The van der Waals surface area contributed by atoms with Gasteiger partial charge in [-0.05, 0) is 43.2 Å². The molecule has 30 heavy (non-hydrogen) atoms. The lowest BCUT2D eigenvalue weighted by atomic mass is 10.1. The molecule has 7 heteroatoms. The normalized spacial score (nSPS) is 10.3. The number of hydrogen-bond acceptors (Lipinski definition) is 5. The Morgan fingerprint density at radius 3 is 2.33 bits per heavy atom. The molecule has 0 fully saturated rings. The second kappa shape index (κ2) is 11.7. The minimum atomic E-state index is -0.301. The fourth-order valence-electron chi connectivity index (χ4n) is 2.71. The van der Waals surface area contributed by atoms with Crippen LogP contribution in [0.2, 0.25) is 0 Å². The zero-order chi connectivity index (χ0) is 21.9. The van der Waals surface area contributed by atoms with Gasteiger partial charge in [0.1, 0.15) is 5.75 Å². The van der Waals surface area contributed by atoms with Gasteiger partial charge in [0.25, 0.3) is 5.91 Å². The van der Waals surface area contributed by atoms with Crippen molar-refractivity contribution in [2.75, 3.05) is 39.2 Å². The van der Waals surface area contributed by atoms with Gasteiger partial charge in [0, 0.05) is 24.4 Å². The van der Waals surface area contributed by atoms with Crippen LogP contribution in [0.3, 0.4) is 0 Å².